The van der Waals surface area contributed by atoms with E-state index in [1.807, 2.05) is 19.2 Å². The molecule has 3 aromatic rings. The lowest BCUT2D eigenvalue weighted by Gasteiger charge is -2.46. The van der Waals surface area contributed by atoms with Gasteiger partial charge in [-0.25, -0.2) is 9.97 Å². The van der Waals surface area contributed by atoms with Gasteiger partial charge in [-0.2, -0.15) is 4.98 Å². The first-order chi connectivity index (χ1) is 19.8. The third-order valence-corrected chi connectivity index (χ3v) is 9.43. The highest BCUT2D eigenvalue weighted by molar-refractivity contribution is 5.99. The van der Waals surface area contributed by atoms with Gasteiger partial charge in [-0.3, -0.25) is 19.1 Å². The van der Waals surface area contributed by atoms with Crippen LogP contribution >= 0.6 is 0 Å². The zero-order valence-corrected chi connectivity index (χ0v) is 24.8. The Labute approximate surface area is 241 Å². The van der Waals surface area contributed by atoms with Crippen LogP contribution in [-0.4, -0.2) is 87.0 Å². The molecule has 1 aliphatic carbocycles. The van der Waals surface area contributed by atoms with E-state index in [1.165, 1.54) is 32.9 Å². The summed E-state index contributed by atoms with van der Waals surface area (Å²) in [6.07, 6.45) is 10.1. The largest absolute Gasteiger partial charge is 0.365 e. The topological polar surface area (TPSA) is 99.5 Å². The van der Waals surface area contributed by atoms with E-state index < -0.39 is 0 Å². The first-order valence-electron chi connectivity index (χ1n) is 15.1. The Balaban J connectivity index is 1.20. The second kappa shape index (κ2) is 11.5. The van der Waals surface area contributed by atoms with Crippen LogP contribution in [-0.2, 0) is 0 Å². The Hall–Kier alpha value is -3.37. The monoisotopic (exact) mass is 558 g/mol. The second-order valence-electron chi connectivity index (χ2n) is 12.2. The maximum absolute atomic E-state index is 13.5. The number of hydrogen-bond donors (Lipinski definition) is 1. The molecule has 1 saturated carbocycles. The van der Waals surface area contributed by atoms with E-state index in [0.717, 1.165) is 56.4 Å². The summed E-state index contributed by atoms with van der Waals surface area (Å²) in [5, 5.41) is 3.98. The molecule has 0 radical (unpaired) electrons. The molecular formula is C31H42N8O2. The molecule has 1 atom stereocenters. The predicted octanol–water partition coefficient (Wildman–Crippen LogP) is 4.16. The van der Waals surface area contributed by atoms with E-state index in [2.05, 4.69) is 50.0 Å². The molecule has 0 spiro atoms. The Morgan fingerprint density at radius 3 is 2.39 bits per heavy atom. The first-order valence-corrected chi connectivity index (χ1v) is 15.1. The van der Waals surface area contributed by atoms with E-state index in [9.17, 15) is 9.59 Å². The van der Waals surface area contributed by atoms with Gasteiger partial charge in [0.2, 0.25) is 5.95 Å². The molecule has 3 aromatic heterocycles. The van der Waals surface area contributed by atoms with Gasteiger partial charge in [0.1, 0.15) is 11.5 Å². The summed E-state index contributed by atoms with van der Waals surface area (Å²) in [6.45, 7) is 11.1. The molecule has 1 N–H and O–H groups in total. The summed E-state index contributed by atoms with van der Waals surface area (Å²) in [7, 11) is 2.22. The number of Topliss-reactive ketones (excluding diaryl/α,β-unsaturated/α-hetero) is 1. The third kappa shape index (κ3) is 5.47. The van der Waals surface area contributed by atoms with Gasteiger partial charge in [0.05, 0.1) is 17.4 Å². The van der Waals surface area contributed by atoms with Gasteiger partial charge in [-0.15, -0.1) is 0 Å². The molecule has 0 aromatic carbocycles. The Bertz CT molecular complexity index is 1470. The first kappa shape index (κ1) is 27.8. The molecule has 5 heterocycles. The van der Waals surface area contributed by atoms with Gasteiger partial charge in [-0.05, 0) is 84.3 Å². The number of ketones is 1. The SMILES string of the molecule is CC(=O)c1c(C)c2cnc(Nc3ccc(N4CCN(C5CCN(C)CC5)C[C@@H]4C)cn3)nc2n(C2CCCC2)c1=O. The van der Waals surface area contributed by atoms with Crippen LogP contribution in [0.1, 0.15) is 74.3 Å². The minimum atomic E-state index is -0.244. The van der Waals surface area contributed by atoms with Crippen LogP contribution in [0.15, 0.2) is 29.3 Å². The summed E-state index contributed by atoms with van der Waals surface area (Å²) in [5.74, 6) is 0.821. The van der Waals surface area contributed by atoms with Gasteiger partial charge in [0.15, 0.2) is 5.78 Å². The number of rotatable bonds is 6. The lowest BCUT2D eigenvalue weighted by molar-refractivity contribution is 0.101. The molecule has 0 bridgehead atoms. The van der Waals surface area contributed by atoms with Crippen molar-refractivity contribution in [3.05, 3.63) is 46.0 Å². The fourth-order valence-electron chi connectivity index (χ4n) is 7.11. The van der Waals surface area contributed by atoms with E-state index in [4.69, 9.17) is 4.98 Å². The van der Waals surface area contributed by atoms with E-state index >= 15 is 0 Å². The number of aryl methyl sites for hydroxylation is 1. The highest BCUT2D eigenvalue weighted by Gasteiger charge is 2.30. The average Bonchev–Trinajstić information content (AvgIpc) is 3.48. The lowest BCUT2D eigenvalue weighted by Crippen LogP contribution is -2.56. The number of aromatic nitrogens is 4. The standard InChI is InChI=1S/C31H42N8O2/c1-20-19-37(23-11-13-36(4)14-12-23)15-16-38(20)25-9-10-27(32-17-25)34-31-33-18-26-21(2)28(22(3)40)30(41)39(29(26)35-31)24-7-5-6-8-24/h9-10,17-18,20,23-24H,5-8,11-16,19H2,1-4H3,(H,32,33,34,35)/t20-/m0/s1. The van der Waals surface area contributed by atoms with Crippen molar-refractivity contribution in [2.75, 3.05) is 50.0 Å². The normalized spacial score (nSPS) is 21.6. The van der Waals surface area contributed by atoms with Gasteiger partial charge in [0.25, 0.3) is 5.56 Å². The van der Waals surface area contributed by atoms with E-state index in [0.29, 0.717) is 35.1 Å². The van der Waals surface area contributed by atoms with Gasteiger partial charge < -0.3 is 15.1 Å². The number of carbonyl (C=O) groups excluding carboxylic acids is 1. The van der Waals surface area contributed by atoms with Crippen molar-refractivity contribution in [1.82, 2.24) is 29.3 Å². The summed E-state index contributed by atoms with van der Waals surface area (Å²) < 4.78 is 1.74. The lowest BCUT2D eigenvalue weighted by atomic mass is 10.0. The molecule has 2 aliphatic heterocycles. The van der Waals surface area contributed by atoms with Crippen LogP contribution in [0, 0.1) is 6.92 Å². The van der Waals surface area contributed by atoms with Crippen LogP contribution in [0.2, 0.25) is 0 Å². The summed E-state index contributed by atoms with van der Waals surface area (Å²) in [6, 6.07) is 5.24. The van der Waals surface area contributed by atoms with Crippen LogP contribution in [0.4, 0.5) is 17.5 Å². The smallest absolute Gasteiger partial charge is 0.263 e. The molecule has 10 nitrogen and oxygen atoms in total. The molecule has 41 heavy (non-hydrogen) atoms. The van der Waals surface area contributed by atoms with Crippen molar-refractivity contribution in [2.45, 2.75) is 77.4 Å². The van der Waals surface area contributed by atoms with E-state index in [-0.39, 0.29) is 22.9 Å². The third-order valence-electron chi connectivity index (χ3n) is 9.43. The number of fused-ring (bicyclic) bond motifs is 1. The van der Waals surface area contributed by atoms with Crippen LogP contribution < -0.4 is 15.8 Å². The van der Waals surface area contributed by atoms with Crippen molar-refractivity contribution >= 4 is 34.3 Å². The highest BCUT2D eigenvalue weighted by Crippen LogP contribution is 2.32. The maximum Gasteiger partial charge on any atom is 0.263 e. The maximum atomic E-state index is 13.5. The predicted molar refractivity (Wildman–Crippen MR) is 162 cm³/mol. The van der Waals surface area contributed by atoms with Crippen molar-refractivity contribution in [1.29, 1.82) is 0 Å². The summed E-state index contributed by atoms with van der Waals surface area (Å²) in [4.78, 5) is 47.4. The molecule has 3 fully saturated rings. The fraction of sp³-hybridized carbons (Fsp3) is 0.581. The zero-order chi connectivity index (χ0) is 28.7. The quantitative estimate of drug-likeness (QED) is 0.447. The van der Waals surface area contributed by atoms with Crippen molar-refractivity contribution in [3.8, 4) is 0 Å². The van der Waals surface area contributed by atoms with Crippen molar-refractivity contribution in [2.24, 2.45) is 0 Å². The number of hydrogen-bond acceptors (Lipinski definition) is 9. The molecular weight excluding hydrogens is 516 g/mol. The molecule has 3 aliphatic rings. The molecule has 218 valence electrons. The molecule has 2 saturated heterocycles. The number of likely N-dealkylation sites (tertiary alicyclic amines) is 1. The fourth-order valence-corrected chi connectivity index (χ4v) is 7.11. The summed E-state index contributed by atoms with van der Waals surface area (Å²) >= 11 is 0. The number of nitrogens with zero attached hydrogens (tertiary/aromatic N) is 7. The molecule has 6 rings (SSSR count). The Morgan fingerprint density at radius 2 is 1.73 bits per heavy atom. The molecule has 10 heteroatoms. The van der Waals surface area contributed by atoms with Crippen LogP contribution in [0.3, 0.4) is 0 Å². The number of anilines is 3. The number of piperidine rings is 1. The second-order valence-corrected chi connectivity index (χ2v) is 12.2. The minimum absolute atomic E-state index is 0.0470. The Morgan fingerprint density at radius 1 is 0.976 bits per heavy atom. The van der Waals surface area contributed by atoms with Gasteiger partial charge >= 0.3 is 0 Å². The minimum Gasteiger partial charge on any atom is -0.365 e. The molecule has 0 unspecified atom stereocenters. The van der Waals surface area contributed by atoms with Crippen LogP contribution in [0.25, 0.3) is 11.0 Å². The highest BCUT2D eigenvalue weighted by atomic mass is 16.1. The van der Waals surface area contributed by atoms with Crippen molar-refractivity contribution in [3.63, 3.8) is 0 Å². The number of carbonyl (C=O) groups is 1. The van der Waals surface area contributed by atoms with Crippen molar-refractivity contribution < 1.29 is 4.79 Å². The zero-order valence-electron chi connectivity index (χ0n) is 24.8. The number of nitrogens with one attached hydrogen (secondary N) is 1. The molecule has 0 amide bonds. The average molecular weight is 559 g/mol. The number of piperazine rings is 1. The van der Waals surface area contributed by atoms with E-state index in [1.54, 1.807) is 10.8 Å². The number of pyridine rings is 2. The Kier molecular flexibility index (Phi) is 7.78. The van der Waals surface area contributed by atoms with Gasteiger partial charge in [-0.1, -0.05) is 12.8 Å². The summed E-state index contributed by atoms with van der Waals surface area (Å²) in [5.41, 5.74) is 2.34. The van der Waals surface area contributed by atoms with Crippen LogP contribution in [0.5, 0.6) is 0 Å². The van der Waals surface area contributed by atoms with Gasteiger partial charge in [0, 0.05) is 49.3 Å².